The van der Waals surface area contributed by atoms with Gasteiger partial charge in [-0.15, -0.1) is 0 Å². The number of hydrogen-bond acceptors (Lipinski definition) is 3. The van der Waals surface area contributed by atoms with Crippen LogP contribution < -0.4 is 16.4 Å². The van der Waals surface area contributed by atoms with Crippen molar-refractivity contribution in [2.24, 2.45) is 0 Å². The van der Waals surface area contributed by atoms with Crippen molar-refractivity contribution in [1.29, 1.82) is 0 Å². The number of benzene rings is 3. The van der Waals surface area contributed by atoms with Gasteiger partial charge in [-0.25, -0.2) is 0 Å². The summed E-state index contributed by atoms with van der Waals surface area (Å²) in [4.78, 5) is 24.7. The van der Waals surface area contributed by atoms with E-state index in [1.54, 1.807) is 42.5 Å². The number of halogens is 3. The molecule has 3 aromatic rings. The first-order valence-electron chi connectivity index (χ1n) is 9.36. The highest BCUT2D eigenvalue weighted by atomic mass is 19.4. The van der Waals surface area contributed by atoms with Crippen LogP contribution in [-0.2, 0) is 12.6 Å². The topological polar surface area (TPSA) is 84.2 Å². The number of carbonyl (C=O) groups excluding carboxylic acids is 2. The van der Waals surface area contributed by atoms with Gasteiger partial charge in [-0.05, 0) is 53.6 Å². The Balaban J connectivity index is 1.89. The molecule has 5 nitrogen and oxygen atoms in total. The number of anilines is 2. The summed E-state index contributed by atoms with van der Waals surface area (Å²) in [5.74, 6) is -0.825. The SMILES string of the molecule is CNC(=O)c1cccc(Cc2c(N)cccc2C(=O)Nc2cccc(C(F)(F)F)c2)c1. The molecule has 0 aliphatic carbocycles. The second kappa shape index (κ2) is 8.91. The van der Waals surface area contributed by atoms with E-state index < -0.39 is 17.6 Å². The molecule has 0 spiro atoms. The Bertz CT molecular complexity index is 1130. The standard InChI is InChI=1S/C23H20F3N3O2/c1-28-21(30)15-6-2-5-14(11-15)12-19-18(9-4-10-20(19)27)22(31)29-17-8-3-7-16(13-17)23(24,25)26/h2-11,13H,12,27H2,1H3,(H,28,30)(H,29,31). The van der Waals surface area contributed by atoms with Crippen LogP contribution in [-0.4, -0.2) is 18.9 Å². The van der Waals surface area contributed by atoms with Crippen molar-refractivity contribution in [1.82, 2.24) is 5.32 Å². The molecule has 0 unspecified atom stereocenters. The summed E-state index contributed by atoms with van der Waals surface area (Å²) < 4.78 is 38.8. The van der Waals surface area contributed by atoms with Crippen LogP contribution in [0, 0.1) is 0 Å². The van der Waals surface area contributed by atoms with Crippen molar-refractivity contribution in [3.05, 3.63) is 94.5 Å². The van der Waals surface area contributed by atoms with Crippen LogP contribution in [0.1, 0.15) is 37.4 Å². The van der Waals surface area contributed by atoms with Crippen LogP contribution in [0.4, 0.5) is 24.5 Å². The van der Waals surface area contributed by atoms with E-state index in [9.17, 15) is 22.8 Å². The Morgan fingerprint density at radius 2 is 1.65 bits per heavy atom. The van der Waals surface area contributed by atoms with Gasteiger partial charge in [0.1, 0.15) is 0 Å². The highest BCUT2D eigenvalue weighted by molar-refractivity contribution is 6.06. The molecule has 0 heterocycles. The molecule has 3 aromatic carbocycles. The molecule has 0 aliphatic rings. The number of nitrogen functional groups attached to an aromatic ring is 1. The van der Waals surface area contributed by atoms with E-state index in [-0.39, 0.29) is 23.6 Å². The molecule has 0 radical (unpaired) electrons. The van der Waals surface area contributed by atoms with Gasteiger partial charge in [0.05, 0.1) is 5.56 Å². The van der Waals surface area contributed by atoms with Gasteiger partial charge >= 0.3 is 6.18 Å². The van der Waals surface area contributed by atoms with Gasteiger partial charge < -0.3 is 16.4 Å². The molecule has 160 valence electrons. The van der Waals surface area contributed by atoms with Gasteiger partial charge in [0.2, 0.25) is 0 Å². The Morgan fingerprint density at radius 3 is 2.35 bits per heavy atom. The molecular formula is C23H20F3N3O2. The maximum atomic E-state index is 12.9. The minimum Gasteiger partial charge on any atom is -0.398 e. The number of hydrogen-bond donors (Lipinski definition) is 3. The van der Waals surface area contributed by atoms with Gasteiger partial charge in [-0.3, -0.25) is 9.59 Å². The Hall–Kier alpha value is -3.81. The fourth-order valence-corrected chi connectivity index (χ4v) is 3.16. The number of alkyl halides is 3. The van der Waals surface area contributed by atoms with Gasteiger partial charge in [0.15, 0.2) is 0 Å². The first kappa shape index (κ1) is 21.9. The third-order valence-corrected chi connectivity index (χ3v) is 4.70. The third kappa shape index (κ3) is 5.22. The first-order valence-corrected chi connectivity index (χ1v) is 9.36. The number of nitrogens with two attached hydrogens (primary N) is 1. The lowest BCUT2D eigenvalue weighted by Crippen LogP contribution is -2.18. The zero-order valence-corrected chi connectivity index (χ0v) is 16.6. The lowest BCUT2D eigenvalue weighted by atomic mass is 9.96. The monoisotopic (exact) mass is 427 g/mol. The molecule has 2 amide bonds. The van der Waals surface area contributed by atoms with Crippen molar-refractivity contribution in [2.75, 3.05) is 18.1 Å². The highest BCUT2D eigenvalue weighted by Crippen LogP contribution is 2.31. The van der Waals surface area contributed by atoms with Crippen LogP contribution >= 0.6 is 0 Å². The van der Waals surface area contributed by atoms with Crippen LogP contribution in [0.3, 0.4) is 0 Å². The smallest absolute Gasteiger partial charge is 0.398 e. The first-order chi connectivity index (χ1) is 14.7. The maximum absolute atomic E-state index is 12.9. The van der Waals surface area contributed by atoms with Crippen LogP contribution in [0.15, 0.2) is 66.7 Å². The number of nitrogens with one attached hydrogen (secondary N) is 2. The molecule has 0 saturated carbocycles. The zero-order valence-electron chi connectivity index (χ0n) is 16.6. The van der Waals surface area contributed by atoms with Crippen molar-refractivity contribution in [2.45, 2.75) is 12.6 Å². The number of amides is 2. The summed E-state index contributed by atoms with van der Waals surface area (Å²) in [6, 6.07) is 16.1. The molecule has 0 bridgehead atoms. The number of carbonyl (C=O) groups is 2. The van der Waals surface area contributed by atoms with Crippen molar-refractivity contribution in [3.63, 3.8) is 0 Å². The lowest BCUT2D eigenvalue weighted by molar-refractivity contribution is -0.137. The fraction of sp³-hybridized carbons (Fsp3) is 0.130. The summed E-state index contributed by atoms with van der Waals surface area (Å²) >= 11 is 0. The molecule has 0 aliphatic heterocycles. The van der Waals surface area contributed by atoms with Crippen molar-refractivity contribution in [3.8, 4) is 0 Å². The normalized spacial score (nSPS) is 11.1. The summed E-state index contributed by atoms with van der Waals surface area (Å²) in [5, 5.41) is 5.05. The average Bonchev–Trinajstić information content (AvgIpc) is 2.74. The highest BCUT2D eigenvalue weighted by Gasteiger charge is 2.30. The van der Waals surface area contributed by atoms with E-state index in [1.807, 2.05) is 0 Å². The van der Waals surface area contributed by atoms with E-state index in [0.29, 0.717) is 16.8 Å². The molecule has 0 fully saturated rings. The van der Waals surface area contributed by atoms with Crippen LogP contribution in [0.25, 0.3) is 0 Å². The average molecular weight is 427 g/mol. The molecule has 3 rings (SSSR count). The van der Waals surface area contributed by atoms with Gasteiger partial charge in [0.25, 0.3) is 11.8 Å². The third-order valence-electron chi connectivity index (χ3n) is 4.70. The molecule has 8 heteroatoms. The Morgan fingerprint density at radius 1 is 0.935 bits per heavy atom. The Kier molecular flexibility index (Phi) is 6.29. The largest absolute Gasteiger partial charge is 0.416 e. The van der Waals surface area contributed by atoms with Gasteiger partial charge in [-0.2, -0.15) is 13.2 Å². The van der Waals surface area contributed by atoms with E-state index in [4.69, 9.17) is 5.73 Å². The zero-order chi connectivity index (χ0) is 22.6. The van der Waals surface area contributed by atoms with E-state index >= 15 is 0 Å². The molecule has 4 N–H and O–H groups in total. The van der Waals surface area contributed by atoms with E-state index in [0.717, 1.165) is 17.7 Å². The van der Waals surface area contributed by atoms with Crippen molar-refractivity contribution >= 4 is 23.2 Å². The minimum atomic E-state index is -4.52. The number of rotatable bonds is 5. The van der Waals surface area contributed by atoms with Gasteiger partial charge in [0, 0.05) is 36.0 Å². The second-order valence-corrected chi connectivity index (χ2v) is 6.86. The lowest BCUT2D eigenvalue weighted by Gasteiger charge is -2.14. The summed E-state index contributed by atoms with van der Waals surface area (Å²) in [6.45, 7) is 0. The van der Waals surface area contributed by atoms with Gasteiger partial charge in [-0.1, -0.05) is 24.3 Å². The fourth-order valence-electron chi connectivity index (χ4n) is 3.16. The molecular weight excluding hydrogens is 407 g/mol. The van der Waals surface area contributed by atoms with E-state index in [1.165, 1.54) is 19.2 Å². The maximum Gasteiger partial charge on any atom is 0.416 e. The van der Waals surface area contributed by atoms with Crippen molar-refractivity contribution < 1.29 is 22.8 Å². The van der Waals surface area contributed by atoms with Crippen LogP contribution in [0.5, 0.6) is 0 Å². The molecule has 0 atom stereocenters. The molecule has 0 saturated heterocycles. The second-order valence-electron chi connectivity index (χ2n) is 6.86. The predicted molar refractivity (Wildman–Crippen MR) is 113 cm³/mol. The van der Waals surface area contributed by atoms with E-state index in [2.05, 4.69) is 10.6 Å². The Labute approximate surface area is 177 Å². The summed E-state index contributed by atoms with van der Waals surface area (Å²) in [7, 11) is 1.53. The summed E-state index contributed by atoms with van der Waals surface area (Å²) in [6.07, 6.45) is -4.25. The quantitative estimate of drug-likeness (QED) is 0.525. The minimum absolute atomic E-state index is 0.0230. The predicted octanol–water partition coefficient (Wildman–Crippen LogP) is 4.49. The summed E-state index contributed by atoms with van der Waals surface area (Å²) in [5.41, 5.74) is 7.60. The molecule has 0 aromatic heterocycles. The van der Waals surface area contributed by atoms with Crippen LogP contribution in [0.2, 0.25) is 0 Å². The molecule has 31 heavy (non-hydrogen) atoms.